The van der Waals surface area contributed by atoms with Crippen LogP contribution in [-0.2, 0) is 16.4 Å². The summed E-state index contributed by atoms with van der Waals surface area (Å²) in [5.74, 6) is 0.237. The van der Waals surface area contributed by atoms with Crippen molar-refractivity contribution in [2.75, 3.05) is 24.3 Å². The zero-order valence-corrected chi connectivity index (χ0v) is 12.4. The van der Waals surface area contributed by atoms with Crippen LogP contribution in [0.15, 0.2) is 12.1 Å². The van der Waals surface area contributed by atoms with Gasteiger partial charge in [-0.25, -0.2) is 17.8 Å². The first-order valence-corrected chi connectivity index (χ1v) is 8.41. The fourth-order valence-electron chi connectivity index (χ4n) is 2.77. The second-order valence-electron chi connectivity index (χ2n) is 5.33. The van der Waals surface area contributed by atoms with Crippen molar-refractivity contribution in [1.82, 2.24) is 9.55 Å². The number of imidazole rings is 1. The van der Waals surface area contributed by atoms with Crippen LogP contribution >= 0.6 is 0 Å². The smallest absolute Gasteiger partial charge is 0.201 e. The van der Waals surface area contributed by atoms with Gasteiger partial charge in [0.25, 0.3) is 0 Å². The highest BCUT2D eigenvalue weighted by Crippen LogP contribution is 2.29. The van der Waals surface area contributed by atoms with Gasteiger partial charge < -0.3 is 15.0 Å². The highest BCUT2D eigenvalue weighted by molar-refractivity contribution is 7.91. The largest absolute Gasteiger partial charge is 0.494 e. The molecule has 8 heteroatoms. The third-order valence-corrected chi connectivity index (χ3v) is 5.66. The molecule has 3 rings (SSSR count). The summed E-state index contributed by atoms with van der Waals surface area (Å²) in [6.07, 6.45) is 0.611. The molecule has 1 atom stereocenters. The van der Waals surface area contributed by atoms with E-state index in [2.05, 4.69) is 4.98 Å². The van der Waals surface area contributed by atoms with Crippen molar-refractivity contribution >= 4 is 26.8 Å². The van der Waals surface area contributed by atoms with Gasteiger partial charge in [-0.2, -0.15) is 0 Å². The van der Waals surface area contributed by atoms with E-state index in [1.807, 2.05) is 0 Å². The molecule has 0 amide bonds. The van der Waals surface area contributed by atoms with Gasteiger partial charge >= 0.3 is 0 Å². The number of anilines is 1. The molecule has 6 nitrogen and oxygen atoms in total. The molecule has 2 aromatic rings. The lowest BCUT2D eigenvalue weighted by Gasteiger charge is -2.12. The molecule has 0 saturated carbocycles. The molecular weight excluding hydrogens is 297 g/mol. The number of ether oxygens (including phenoxy) is 1. The van der Waals surface area contributed by atoms with E-state index in [-0.39, 0.29) is 29.1 Å². The molecule has 1 aliphatic rings. The minimum atomic E-state index is -2.94. The number of sulfone groups is 1. The van der Waals surface area contributed by atoms with Crippen LogP contribution in [0.3, 0.4) is 0 Å². The van der Waals surface area contributed by atoms with Crippen LogP contribution < -0.4 is 10.5 Å². The SMILES string of the molecule is COc1cc2c(cc1F)nc(N)n2CC1CCS(=O)(=O)C1. The Hall–Kier alpha value is -1.83. The molecule has 114 valence electrons. The van der Waals surface area contributed by atoms with Gasteiger partial charge in [0.05, 0.1) is 29.6 Å². The standard InChI is InChI=1S/C13H16FN3O3S/c1-20-12-5-11-10(4-9(12)14)16-13(15)17(11)6-8-2-3-21(18,19)7-8/h4-5,8H,2-3,6-7H2,1H3,(H2,15,16). The van der Waals surface area contributed by atoms with Crippen LogP contribution in [0.4, 0.5) is 10.3 Å². The van der Waals surface area contributed by atoms with Crippen molar-refractivity contribution in [3.05, 3.63) is 17.9 Å². The highest BCUT2D eigenvalue weighted by Gasteiger charge is 2.29. The summed E-state index contributed by atoms with van der Waals surface area (Å²) in [5, 5.41) is 0. The number of nitrogens with zero attached hydrogens (tertiary/aromatic N) is 2. The van der Waals surface area contributed by atoms with E-state index in [1.165, 1.54) is 19.2 Å². The molecule has 1 aromatic carbocycles. The van der Waals surface area contributed by atoms with Crippen LogP contribution in [0.2, 0.25) is 0 Å². The summed E-state index contributed by atoms with van der Waals surface area (Å²) in [4.78, 5) is 4.12. The third-order valence-electron chi connectivity index (χ3n) is 3.82. The summed E-state index contributed by atoms with van der Waals surface area (Å²) < 4.78 is 43.4. The predicted octanol–water partition coefficient (Wildman–Crippen LogP) is 1.20. The molecule has 2 N–H and O–H groups in total. The minimum Gasteiger partial charge on any atom is -0.494 e. The Morgan fingerprint density at radius 2 is 2.29 bits per heavy atom. The van der Waals surface area contributed by atoms with E-state index in [4.69, 9.17) is 10.5 Å². The van der Waals surface area contributed by atoms with Gasteiger partial charge in [0.2, 0.25) is 5.95 Å². The van der Waals surface area contributed by atoms with Crippen molar-refractivity contribution in [2.45, 2.75) is 13.0 Å². The number of hydrogen-bond donors (Lipinski definition) is 1. The van der Waals surface area contributed by atoms with E-state index < -0.39 is 15.7 Å². The average Bonchev–Trinajstić information content (AvgIpc) is 2.89. The number of hydrogen-bond acceptors (Lipinski definition) is 5. The lowest BCUT2D eigenvalue weighted by atomic mass is 10.1. The van der Waals surface area contributed by atoms with Gasteiger partial charge in [0, 0.05) is 18.7 Å². The van der Waals surface area contributed by atoms with Crippen LogP contribution in [-0.4, -0.2) is 36.6 Å². The Kier molecular flexibility index (Phi) is 3.27. The topological polar surface area (TPSA) is 87.2 Å². The van der Waals surface area contributed by atoms with Gasteiger partial charge in [-0.1, -0.05) is 0 Å². The molecule has 21 heavy (non-hydrogen) atoms. The molecule has 0 radical (unpaired) electrons. The maximum Gasteiger partial charge on any atom is 0.201 e. The quantitative estimate of drug-likeness (QED) is 0.920. The Morgan fingerprint density at radius 1 is 1.52 bits per heavy atom. The number of benzene rings is 1. The normalized spacial score (nSPS) is 21.0. The Bertz CT molecular complexity index is 801. The molecule has 0 bridgehead atoms. The number of halogens is 1. The van der Waals surface area contributed by atoms with E-state index in [0.29, 0.717) is 24.0 Å². The molecule has 1 aromatic heterocycles. The molecule has 1 saturated heterocycles. The number of nitrogen functional groups attached to an aromatic ring is 1. The lowest BCUT2D eigenvalue weighted by molar-refractivity contribution is 0.387. The molecule has 1 fully saturated rings. The van der Waals surface area contributed by atoms with Crippen molar-refractivity contribution in [2.24, 2.45) is 5.92 Å². The van der Waals surface area contributed by atoms with Gasteiger partial charge in [-0.3, -0.25) is 0 Å². The monoisotopic (exact) mass is 313 g/mol. The summed E-state index contributed by atoms with van der Waals surface area (Å²) in [6, 6.07) is 2.81. The maximum atomic E-state index is 13.7. The lowest BCUT2D eigenvalue weighted by Crippen LogP contribution is -2.14. The van der Waals surface area contributed by atoms with Crippen LogP contribution in [0, 0.1) is 11.7 Å². The fourth-order valence-corrected chi connectivity index (χ4v) is 4.62. The summed E-state index contributed by atoms with van der Waals surface area (Å²) in [5.41, 5.74) is 6.96. The molecule has 0 aliphatic carbocycles. The summed E-state index contributed by atoms with van der Waals surface area (Å²) in [6.45, 7) is 0.455. The van der Waals surface area contributed by atoms with Crippen molar-refractivity contribution < 1.29 is 17.5 Å². The first-order valence-electron chi connectivity index (χ1n) is 6.59. The molecular formula is C13H16FN3O3S. The zero-order valence-electron chi connectivity index (χ0n) is 11.5. The number of methoxy groups -OCH3 is 1. The molecule has 1 unspecified atom stereocenters. The maximum absolute atomic E-state index is 13.7. The number of fused-ring (bicyclic) bond motifs is 1. The third kappa shape index (κ3) is 2.55. The van der Waals surface area contributed by atoms with E-state index in [1.54, 1.807) is 4.57 Å². The van der Waals surface area contributed by atoms with E-state index in [9.17, 15) is 12.8 Å². The predicted molar refractivity (Wildman–Crippen MR) is 77.4 cm³/mol. The average molecular weight is 313 g/mol. The van der Waals surface area contributed by atoms with Crippen LogP contribution in [0.1, 0.15) is 6.42 Å². The Morgan fingerprint density at radius 3 is 2.90 bits per heavy atom. The Labute approximate surface area is 121 Å². The van der Waals surface area contributed by atoms with Gasteiger partial charge in [-0.05, 0) is 12.3 Å². The molecule has 1 aliphatic heterocycles. The second kappa shape index (κ2) is 4.87. The zero-order chi connectivity index (χ0) is 15.2. The van der Waals surface area contributed by atoms with E-state index >= 15 is 0 Å². The van der Waals surface area contributed by atoms with Crippen LogP contribution in [0.25, 0.3) is 11.0 Å². The van der Waals surface area contributed by atoms with Crippen LogP contribution in [0.5, 0.6) is 5.75 Å². The summed E-state index contributed by atoms with van der Waals surface area (Å²) in [7, 11) is -1.56. The fraction of sp³-hybridized carbons (Fsp3) is 0.462. The second-order valence-corrected chi connectivity index (χ2v) is 7.55. The van der Waals surface area contributed by atoms with Gasteiger partial charge in [0.1, 0.15) is 0 Å². The molecule has 2 heterocycles. The Balaban J connectivity index is 2.00. The summed E-state index contributed by atoms with van der Waals surface area (Å²) >= 11 is 0. The first-order chi connectivity index (χ1) is 9.89. The number of aromatic nitrogens is 2. The first kappa shape index (κ1) is 14.1. The van der Waals surface area contributed by atoms with Gasteiger partial charge in [-0.15, -0.1) is 0 Å². The van der Waals surface area contributed by atoms with Gasteiger partial charge in [0.15, 0.2) is 21.4 Å². The highest BCUT2D eigenvalue weighted by atomic mass is 32.2. The number of rotatable bonds is 3. The molecule has 0 spiro atoms. The number of nitrogens with two attached hydrogens (primary N) is 1. The van der Waals surface area contributed by atoms with E-state index in [0.717, 1.165) is 0 Å². The van der Waals surface area contributed by atoms with Crippen molar-refractivity contribution in [3.8, 4) is 5.75 Å². The van der Waals surface area contributed by atoms with Crippen molar-refractivity contribution in [1.29, 1.82) is 0 Å². The van der Waals surface area contributed by atoms with Crippen molar-refractivity contribution in [3.63, 3.8) is 0 Å². The minimum absolute atomic E-state index is 0.00532.